The van der Waals surface area contributed by atoms with Crippen LogP contribution in [0, 0.1) is 0 Å². The van der Waals surface area contributed by atoms with Crippen molar-refractivity contribution in [2.24, 2.45) is 0 Å². The standard InChI is InChI=1S/C13H12Cl2N4O4S/c14-6-2-1-5(3-7(6)15)12-18-19-11(16-17-13(19)24-12)10(23)9(22)8(21)4-20/h1-3,8-10,20-23H,4H2. The molecule has 24 heavy (non-hydrogen) atoms. The van der Waals surface area contributed by atoms with Crippen LogP contribution in [-0.4, -0.2) is 59.1 Å². The van der Waals surface area contributed by atoms with Gasteiger partial charge in [0, 0.05) is 5.56 Å². The summed E-state index contributed by atoms with van der Waals surface area (Å²) in [5.41, 5.74) is 0.705. The highest BCUT2D eigenvalue weighted by Gasteiger charge is 2.30. The van der Waals surface area contributed by atoms with E-state index < -0.39 is 24.9 Å². The molecule has 128 valence electrons. The molecule has 8 nitrogen and oxygen atoms in total. The van der Waals surface area contributed by atoms with Crippen molar-refractivity contribution >= 4 is 39.5 Å². The zero-order valence-electron chi connectivity index (χ0n) is 11.9. The minimum absolute atomic E-state index is 0.0486. The first kappa shape index (κ1) is 17.5. The van der Waals surface area contributed by atoms with Crippen molar-refractivity contribution in [3.05, 3.63) is 34.1 Å². The molecule has 0 fully saturated rings. The van der Waals surface area contributed by atoms with Crippen molar-refractivity contribution in [1.82, 2.24) is 19.8 Å². The van der Waals surface area contributed by atoms with Crippen LogP contribution in [0.5, 0.6) is 0 Å². The highest BCUT2D eigenvalue weighted by Crippen LogP contribution is 2.31. The van der Waals surface area contributed by atoms with E-state index in [4.69, 9.17) is 28.3 Å². The largest absolute Gasteiger partial charge is 0.394 e. The number of hydrogen-bond acceptors (Lipinski definition) is 8. The molecule has 3 unspecified atom stereocenters. The molecule has 1 aromatic carbocycles. The van der Waals surface area contributed by atoms with Gasteiger partial charge in [0.05, 0.1) is 16.7 Å². The molecule has 0 radical (unpaired) electrons. The Hall–Kier alpha value is -1.33. The van der Waals surface area contributed by atoms with Crippen LogP contribution in [0.25, 0.3) is 15.5 Å². The Balaban J connectivity index is 1.98. The van der Waals surface area contributed by atoms with Gasteiger partial charge in [0.25, 0.3) is 0 Å². The van der Waals surface area contributed by atoms with Gasteiger partial charge in [-0.05, 0) is 12.1 Å². The van der Waals surface area contributed by atoms with Crippen molar-refractivity contribution < 1.29 is 20.4 Å². The van der Waals surface area contributed by atoms with Gasteiger partial charge in [-0.2, -0.15) is 9.61 Å². The van der Waals surface area contributed by atoms with Crippen LogP contribution in [0.2, 0.25) is 10.0 Å². The topological polar surface area (TPSA) is 124 Å². The van der Waals surface area contributed by atoms with Crippen molar-refractivity contribution in [2.45, 2.75) is 18.3 Å². The molecule has 3 rings (SSSR count). The van der Waals surface area contributed by atoms with E-state index in [1.165, 1.54) is 15.9 Å². The van der Waals surface area contributed by atoms with Crippen LogP contribution in [0.4, 0.5) is 0 Å². The SMILES string of the molecule is OCC(O)C(O)C(O)c1nnc2sc(-c3ccc(Cl)c(Cl)c3)nn12. The maximum absolute atomic E-state index is 10.1. The zero-order valence-corrected chi connectivity index (χ0v) is 14.2. The second kappa shape index (κ2) is 6.89. The highest BCUT2D eigenvalue weighted by molar-refractivity contribution is 7.19. The molecule has 2 aromatic heterocycles. The van der Waals surface area contributed by atoms with E-state index in [1.807, 2.05) is 0 Å². The van der Waals surface area contributed by atoms with Gasteiger partial charge in [0.2, 0.25) is 4.96 Å². The van der Waals surface area contributed by atoms with Gasteiger partial charge in [-0.15, -0.1) is 10.2 Å². The normalized spacial score (nSPS) is 15.6. The molecule has 0 spiro atoms. The molecule has 0 amide bonds. The summed E-state index contributed by atoms with van der Waals surface area (Å²) in [6, 6.07) is 5.02. The third-order valence-corrected chi connectivity index (χ3v) is 5.04. The first-order chi connectivity index (χ1) is 11.4. The summed E-state index contributed by atoms with van der Waals surface area (Å²) in [5.74, 6) is -0.0486. The summed E-state index contributed by atoms with van der Waals surface area (Å²) >= 11 is 13.1. The predicted octanol–water partition coefficient (Wildman–Crippen LogP) is 0.907. The van der Waals surface area contributed by atoms with Gasteiger partial charge >= 0.3 is 0 Å². The quantitative estimate of drug-likeness (QED) is 0.510. The van der Waals surface area contributed by atoms with Crippen LogP contribution in [0.15, 0.2) is 18.2 Å². The molecule has 0 saturated heterocycles. The second-order valence-corrected chi connectivity index (χ2v) is 6.74. The van der Waals surface area contributed by atoms with Crippen LogP contribution in [-0.2, 0) is 0 Å². The number of nitrogens with zero attached hydrogens (tertiary/aromatic N) is 4. The Kier molecular flexibility index (Phi) is 5.02. The Morgan fingerprint density at radius 1 is 1.12 bits per heavy atom. The molecule has 0 aliphatic heterocycles. The first-order valence-electron chi connectivity index (χ1n) is 6.75. The van der Waals surface area contributed by atoms with Gasteiger partial charge in [-0.1, -0.05) is 40.6 Å². The third kappa shape index (κ3) is 3.11. The van der Waals surface area contributed by atoms with Gasteiger partial charge in [-0.3, -0.25) is 0 Å². The molecule has 4 N–H and O–H groups in total. The number of benzene rings is 1. The van der Waals surface area contributed by atoms with Crippen LogP contribution >= 0.6 is 34.5 Å². The fourth-order valence-electron chi connectivity index (χ4n) is 2.03. The molecule has 0 aliphatic carbocycles. The van der Waals surface area contributed by atoms with Crippen LogP contribution in [0.3, 0.4) is 0 Å². The molecule has 3 atom stereocenters. The average molecular weight is 391 g/mol. The number of halogens is 2. The van der Waals surface area contributed by atoms with Crippen molar-refractivity contribution in [3.63, 3.8) is 0 Å². The second-order valence-electron chi connectivity index (χ2n) is 4.97. The fraction of sp³-hybridized carbons (Fsp3) is 0.308. The summed E-state index contributed by atoms with van der Waals surface area (Å²) in [7, 11) is 0. The lowest BCUT2D eigenvalue weighted by Gasteiger charge is -2.19. The summed E-state index contributed by atoms with van der Waals surface area (Å²) < 4.78 is 1.26. The number of fused-ring (bicyclic) bond motifs is 1. The van der Waals surface area contributed by atoms with Crippen molar-refractivity contribution in [2.75, 3.05) is 6.61 Å². The molecule has 11 heteroatoms. The summed E-state index contributed by atoms with van der Waals surface area (Å²) in [4.78, 5) is 0.385. The highest BCUT2D eigenvalue weighted by atomic mass is 35.5. The molecule has 0 aliphatic rings. The number of hydrogen-bond donors (Lipinski definition) is 4. The minimum Gasteiger partial charge on any atom is -0.394 e. The number of aromatic nitrogens is 4. The number of rotatable bonds is 5. The van der Waals surface area contributed by atoms with Gasteiger partial charge in [-0.25, -0.2) is 0 Å². The molecule has 0 saturated carbocycles. The van der Waals surface area contributed by atoms with Crippen LogP contribution in [0.1, 0.15) is 11.9 Å². The zero-order chi connectivity index (χ0) is 17.4. The summed E-state index contributed by atoms with van der Waals surface area (Å²) in [6.07, 6.45) is -4.70. The lowest BCUT2D eigenvalue weighted by molar-refractivity contribution is -0.0808. The smallest absolute Gasteiger partial charge is 0.235 e. The molecular weight excluding hydrogens is 379 g/mol. The van der Waals surface area contributed by atoms with Gasteiger partial charge in [0.15, 0.2) is 5.82 Å². The summed E-state index contributed by atoms with van der Waals surface area (Å²) in [5, 5.41) is 51.5. The molecular formula is C13H12Cl2N4O4S. The molecule has 2 heterocycles. The van der Waals surface area contributed by atoms with E-state index in [0.29, 0.717) is 25.6 Å². The maximum Gasteiger partial charge on any atom is 0.235 e. The van der Waals surface area contributed by atoms with E-state index in [-0.39, 0.29) is 5.82 Å². The van der Waals surface area contributed by atoms with Gasteiger partial charge < -0.3 is 20.4 Å². The number of aliphatic hydroxyl groups is 4. The van der Waals surface area contributed by atoms with E-state index >= 15 is 0 Å². The lowest BCUT2D eigenvalue weighted by Crippen LogP contribution is -2.35. The van der Waals surface area contributed by atoms with E-state index in [2.05, 4.69) is 15.3 Å². The Morgan fingerprint density at radius 3 is 2.54 bits per heavy atom. The Morgan fingerprint density at radius 2 is 1.88 bits per heavy atom. The molecule has 0 bridgehead atoms. The predicted molar refractivity (Wildman–Crippen MR) is 88.2 cm³/mol. The summed E-state index contributed by atoms with van der Waals surface area (Å²) in [6.45, 7) is -0.703. The maximum atomic E-state index is 10.1. The van der Waals surface area contributed by atoms with Gasteiger partial charge in [0.1, 0.15) is 23.3 Å². The average Bonchev–Trinajstić information content (AvgIpc) is 3.15. The minimum atomic E-state index is -1.63. The Bertz CT molecular complexity index is 871. The lowest BCUT2D eigenvalue weighted by atomic mass is 10.1. The first-order valence-corrected chi connectivity index (χ1v) is 8.32. The van der Waals surface area contributed by atoms with E-state index in [0.717, 1.165) is 0 Å². The van der Waals surface area contributed by atoms with E-state index in [9.17, 15) is 15.3 Å². The van der Waals surface area contributed by atoms with Crippen LogP contribution < -0.4 is 0 Å². The Labute approximate surface area is 149 Å². The third-order valence-electron chi connectivity index (χ3n) is 3.35. The molecule has 3 aromatic rings. The number of aliphatic hydroxyl groups excluding tert-OH is 4. The fourth-order valence-corrected chi connectivity index (χ4v) is 3.17. The van der Waals surface area contributed by atoms with Crippen molar-refractivity contribution in [1.29, 1.82) is 0 Å². The monoisotopic (exact) mass is 390 g/mol. The van der Waals surface area contributed by atoms with E-state index in [1.54, 1.807) is 18.2 Å². The van der Waals surface area contributed by atoms with Crippen molar-refractivity contribution in [3.8, 4) is 10.6 Å².